The summed E-state index contributed by atoms with van der Waals surface area (Å²) in [5.74, 6) is -2.28. The van der Waals surface area contributed by atoms with Gasteiger partial charge in [-0.05, 0) is 13.2 Å². The van der Waals surface area contributed by atoms with Crippen LogP contribution in [0.4, 0.5) is 13.2 Å². The Bertz CT molecular complexity index is 712. The van der Waals surface area contributed by atoms with E-state index < -0.39 is 64.2 Å². The number of amides is 1. The molecule has 1 saturated heterocycles. The maximum Gasteiger partial charge on any atom is 0.471 e. The molecule has 1 aliphatic heterocycles. The van der Waals surface area contributed by atoms with Crippen LogP contribution in [0.5, 0.6) is 0 Å². The van der Waals surface area contributed by atoms with Crippen LogP contribution < -0.4 is 5.32 Å². The highest BCUT2D eigenvalue weighted by molar-refractivity contribution is 14.2. The third-order valence-electron chi connectivity index (χ3n) is 3.95. The second-order valence-electron chi connectivity index (χ2n) is 6.08. The van der Waals surface area contributed by atoms with Crippen molar-refractivity contribution in [2.45, 2.75) is 55.1 Å². The lowest BCUT2D eigenvalue weighted by molar-refractivity contribution is -0.190. The minimum absolute atomic E-state index is 0.705. The molecule has 9 nitrogen and oxygen atoms in total. The Morgan fingerprint density at radius 3 is 2.00 bits per heavy atom. The van der Waals surface area contributed by atoms with E-state index in [-0.39, 0.29) is 0 Å². The van der Waals surface area contributed by atoms with Crippen LogP contribution in [0.25, 0.3) is 0 Å². The fraction of sp³-hybridized carbons (Fsp3) is 0.917. The molecule has 5 unspecified atom stereocenters. The largest absolute Gasteiger partial charge is 0.471 e. The normalized spacial score (nSPS) is 28.8. The van der Waals surface area contributed by atoms with Crippen molar-refractivity contribution in [2.75, 3.05) is 12.5 Å². The van der Waals surface area contributed by atoms with Crippen LogP contribution in [0.3, 0.4) is 0 Å². The molecule has 1 aliphatic rings. The van der Waals surface area contributed by atoms with Crippen LogP contribution in [0, 0.1) is 0 Å². The van der Waals surface area contributed by atoms with E-state index in [1.165, 1.54) is 18.7 Å². The van der Waals surface area contributed by atoms with E-state index in [2.05, 4.69) is 0 Å². The number of halogens is 6. The fourth-order valence-electron chi connectivity index (χ4n) is 2.80. The fourth-order valence-corrected chi connectivity index (χ4v) is 7.32. The van der Waals surface area contributed by atoms with Gasteiger partial charge in [0.05, 0.1) is 46.0 Å². The minimum Gasteiger partial charge on any atom is -0.356 e. The molecule has 0 spiro atoms. The smallest absolute Gasteiger partial charge is 0.356 e. The Morgan fingerprint density at radius 1 is 1.06 bits per heavy atom. The molecule has 1 heterocycles. The molecule has 0 bridgehead atoms. The van der Waals surface area contributed by atoms with Gasteiger partial charge in [-0.2, -0.15) is 21.6 Å². The van der Waals surface area contributed by atoms with Crippen molar-refractivity contribution >= 4 is 119 Å². The van der Waals surface area contributed by atoms with Gasteiger partial charge in [0.2, 0.25) is 0 Å². The first kappa shape index (κ1) is 32.6. The Morgan fingerprint density at radius 2 is 1.56 bits per heavy atom. The number of hydrogen-bond donors (Lipinski definition) is 1. The molecule has 1 amide bonds. The summed E-state index contributed by atoms with van der Waals surface area (Å²) < 4.78 is 90.3. The topological polar surface area (TPSA) is 109 Å². The molecule has 32 heavy (non-hydrogen) atoms. The standard InChI is InChI=1S/C12H17F3I3NO8S5/c1-4(27-32(3,21)22)5(19-11(20)12(13,14)15)6-7(24-29-16)8(25-30-17)9(26-31-18)10(23-6)28-2/h4-10H,1-3H3,(H,19,20)/t4-,5-,6?,7?,8?,9?,10?/m1/s1. The van der Waals surface area contributed by atoms with E-state index in [0.717, 1.165) is 33.9 Å². The molecular weight excluding hydrogens is 884 g/mol. The highest BCUT2D eigenvalue weighted by Crippen LogP contribution is 2.41. The summed E-state index contributed by atoms with van der Waals surface area (Å²) in [6.07, 6.45) is -8.13. The van der Waals surface area contributed by atoms with Crippen molar-refractivity contribution in [1.82, 2.24) is 5.32 Å². The molecule has 190 valence electrons. The SMILES string of the molecule is CSC1OC([C@H](NC(=O)C(F)(F)F)[C@@H](C)OS(C)(=O)=O)C(OSI)C(OSI)C1OSI. The molecular formula is C12H17F3I3NO8S5. The van der Waals surface area contributed by atoms with Gasteiger partial charge >= 0.3 is 12.1 Å². The van der Waals surface area contributed by atoms with Gasteiger partial charge < -0.3 is 10.1 Å². The molecule has 0 aromatic heterocycles. The van der Waals surface area contributed by atoms with E-state index in [1.54, 1.807) is 11.6 Å². The number of thioether (sulfide) groups is 1. The average Bonchev–Trinajstić information content (AvgIpc) is 2.66. The third-order valence-corrected chi connectivity index (χ3v) is 8.20. The maximum atomic E-state index is 13.0. The molecule has 0 aromatic rings. The molecule has 20 heteroatoms. The lowest BCUT2D eigenvalue weighted by Gasteiger charge is -2.46. The van der Waals surface area contributed by atoms with Gasteiger partial charge in [0.25, 0.3) is 10.1 Å². The first-order valence-corrected chi connectivity index (χ1v) is 21.0. The van der Waals surface area contributed by atoms with Gasteiger partial charge in [-0.3, -0.25) is 21.5 Å². The predicted octanol–water partition coefficient (Wildman–Crippen LogP) is 4.64. The number of ether oxygens (including phenoxy) is 1. The molecule has 1 rings (SSSR count). The Balaban J connectivity index is 3.47. The Labute approximate surface area is 237 Å². The summed E-state index contributed by atoms with van der Waals surface area (Å²) in [6, 6.07) is -1.57. The summed E-state index contributed by atoms with van der Waals surface area (Å²) in [7, 11) is -1.24. The molecule has 0 radical (unpaired) electrons. The summed E-state index contributed by atoms with van der Waals surface area (Å²) in [4.78, 5) is 11.8. The lowest BCUT2D eigenvalue weighted by atomic mass is 9.92. The molecule has 0 saturated carbocycles. The highest BCUT2D eigenvalue weighted by atomic mass is 127. The van der Waals surface area contributed by atoms with Crippen LogP contribution >= 0.6 is 103 Å². The number of alkyl halides is 3. The van der Waals surface area contributed by atoms with Crippen molar-refractivity contribution in [1.29, 1.82) is 0 Å². The van der Waals surface area contributed by atoms with Crippen molar-refractivity contribution < 1.29 is 47.9 Å². The van der Waals surface area contributed by atoms with E-state index >= 15 is 0 Å². The van der Waals surface area contributed by atoms with Crippen LogP contribution in [-0.2, 0) is 36.4 Å². The van der Waals surface area contributed by atoms with E-state index in [9.17, 15) is 26.4 Å². The summed E-state index contributed by atoms with van der Waals surface area (Å²) in [6.45, 7) is 1.21. The quantitative estimate of drug-likeness (QED) is 0.168. The van der Waals surface area contributed by atoms with Gasteiger partial charge in [-0.25, -0.2) is 0 Å². The minimum atomic E-state index is -5.22. The monoisotopic (exact) mass is 901 g/mol. The third kappa shape index (κ3) is 10.2. The van der Waals surface area contributed by atoms with Crippen LogP contribution in [0.15, 0.2) is 0 Å². The van der Waals surface area contributed by atoms with Crippen LogP contribution in [-0.4, -0.2) is 75.0 Å². The van der Waals surface area contributed by atoms with Crippen LogP contribution in [0.1, 0.15) is 6.92 Å². The summed E-state index contributed by atoms with van der Waals surface area (Å²) >= 11 is 6.78. The Kier molecular flexibility index (Phi) is 15.4. The van der Waals surface area contributed by atoms with Gasteiger partial charge in [0.1, 0.15) is 29.9 Å². The number of carbonyl (C=O) groups is 1. The van der Waals surface area contributed by atoms with Crippen molar-refractivity contribution in [3.63, 3.8) is 0 Å². The first-order valence-electron chi connectivity index (χ1n) is 8.07. The lowest BCUT2D eigenvalue weighted by Crippen LogP contribution is -2.66. The first-order chi connectivity index (χ1) is 14.8. The van der Waals surface area contributed by atoms with Crippen molar-refractivity contribution in [3.8, 4) is 0 Å². The summed E-state index contributed by atoms with van der Waals surface area (Å²) in [5, 5.41) is 1.80. The molecule has 0 aliphatic carbocycles. The van der Waals surface area contributed by atoms with Crippen molar-refractivity contribution in [3.05, 3.63) is 0 Å². The van der Waals surface area contributed by atoms with E-state index in [0.29, 0.717) is 0 Å². The molecule has 7 atom stereocenters. The van der Waals surface area contributed by atoms with Crippen molar-refractivity contribution in [2.24, 2.45) is 0 Å². The second-order valence-corrected chi connectivity index (χ2v) is 12.8. The zero-order valence-corrected chi connectivity index (χ0v) is 26.7. The number of nitrogens with one attached hydrogen (secondary N) is 1. The molecule has 1 fully saturated rings. The summed E-state index contributed by atoms with van der Waals surface area (Å²) in [5.41, 5.74) is -0.745. The maximum absolute atomic E-state index is 13.0. The second kappa shape index (κ2) is 15.1. The van der Waals surface area contributed by atoms with Crippen LogP contribution in [0.2, 0.25) is 0 Å². The van der Waals surface area contributed by atoms with Gasteiger partial charge in [0, 0.05) is 63.6 Å². The molecule has 0 aromatic carbocycles. The van der Waals surface area contributed by atoms with Gasteiger partial charge in [-0.1, -0.05) is 0 Å². The van der Waals surface area contributed by atoms with E-state index in [1.807, 2.05) is 63.6 Å². The zero-order valence-electron chi connectivity index (χ0n) is 16.1. The van der Waals surface area contributed by atoms with Gasteiger partial charge in [0.15, 0.2) is 0 Å². The Hall–Kier alpha value is 2.60. The average molecular weight is 901 g/mol. The molecule has 1 N–H and O–H groups in total. The number of hydrogen-bond acceptors (Lipinski definition) is 12. The van der Waals surface area contributed by atoms with Gasteiger partial charge in [-0.15, -0.1) is 11.8 Å². The highest BCUT2D eigenvalue weighted by Gasteiger charge is 2.54. The number of carbonyl (C=O) groups excluding carboxylic acids is 1. The zero-order chi connectivity index (χ0) is 24.7. The van der Waals surface area contributed by atoms with E-state index in [4.69, 9.17) is 21.5 Å². The number of rotatable bonds is 12. The predicted molar refractivity (Wildman–Crippen MR) is 145 cm³/mol.